The molecule has 3 heterocycles. The summed E-state index contributed by atoms with van der Waals surface area (Å²) in [6.45, 7) is -0.271. The van der Waals surface area contributed by atoms with Gasteiger partial charge in [-0.3, -0.25) is 0 Å². The predicted molar refractivity (Wildman–Crippen MR) is 190 cm³/mol. The number of hydrogen-bond donors (Lipinski definition) is 13. The molecule has 3 rings (SSSR count). The van der Waals surface area contributed by atoms with E-state index < -0.39 is 130 Å². The minimum Gasteiger partial charge on any atom is -0.394 e. The van der Waals surface area contributed by atoms with Crippen LogP contribution in [0, 0.1) is 0 Å². The molecule has 55 heavy (non-hydrogen) atoms. The van der Waals surface area contributed by atoms with Crippen molar-refractivity contribution in [3.8, 4) is 0 Å². The molecule has 0 spiro atoms. The first-order chi connectivity index (χ1) is 26.3. The molecule has 0 radical (unpaired) electrons. The van der Waals surface area contributed by atoms with Crippen LogP contribution < -0.4 is 5.73 Å². The van der Waals surface area contributed by atoms with E-state index in [9.17, 15) is 61.3 Å². The average Bonchev–Trinajstić information content (AvgIpc) is 3.18. The second kappa shape index (κ2) is 24.8. The van der Waals surface area contributed by atoms with Crippen molar-refractivity contribution in [3.63, 3.8) is 0 Å². The van der Waals surface area contributed by atoms with Gasteiger partial charge in [-0.25, -0.2) is 0 Å². The molecule has 1 unspecified atom stereocenters. The topological polar surface area (TPSA) is 324 Å². The van der Waals surface area contributed by atoms with Gasteiger partial charge in [0.25, 0.3) is 0 Å². The van der Waals surface area contributed by atoms with Crippen molar-refractivity contribution in [3.05, 3.63) is 12.2 Å². The molecule has 0 amide bonds. The van der Waals surface area contributed by atoms with Crippen LogP contribution in [0.2, 0.25) is 0 Å². The molecular weight excluding hydrogens is 734 g/mol. The number of allylic oxidation sites excluding steroid dienone is 1. The summed E-state index contributed by atoms with van der Waals surface area (Å²) in [6, 6.07) is -1.39. The molecule has 0 aliphatic carbocycles. The molecule has 0 bridgehead atoms. The Morgan fingerprint density at radius 1 is 0.545 bits per heavy atom. The van der Waals surface area contributed by atoms with Crippen molar-refractivity contribution >= 4 is 0 Å². The smallest absolute Gasteiger partial charge is 0.189 e. The molecule has 18 atom stereocenters. The van der Waals surface area contributed by atoms with Gasteiger partial charge < -0.3 is 95.4 Å². The largest absolute Gasteiger partial charge is 0.394 e. The first-order valence-electron chi connectivity index (χ1n) is 19.6. The molecule has 0 aromatic carbocycles. The Kier molecular flexibility index (Phi) is 21.8. The molecule has 3 aliphatic heterocycles. The fourth-order valence-electron chi connectivity index (χ4n) is 6.84. The molecule has 19 nitrogen and oxygen atoms in total. The molecular formula is C36H67NO18. The summed E-state index contributed by atoms with van der Waals surface area (Å²) in [5.41, 5.74) is 5.98. The van der Waals surface area contributed by atoms with Gasteiger partial charge in [-0.05, 0) is 12.8 Å². The number of aliphatic hydroxyl groups excluding tert-OH is 12. The zero-order valence-corrected chi connectivity index (χ0v) is 31.5. The van der Waals surface area contributed by atoms with Gasteiger partial charge in [0, 0.05) is 0 Å². The van der Waals surface area contributed by atoms with Gasteiger partial charge in [0.15, 0.2) is 25.2 Å². The standard InChI is InChI=1S/C36H67NO18/c1-2-3-4-5-6-7-8-9-10-11-12-13-14-15-19(41)23(37)33(49)55-36-30(48)27(45)32(22(18-40)52-36)54-35-29(47)26(44)31(21(17-39)51-35)53-34-28(46)25(43)24(42)20(16-38)50-34/h14-15,19-36,38-49H,2-13,16-18,37H2,1H3/b15-14+/t19-,20-,21-,22-,23-,24+,25+,26-,27-,28-,29-,30-,31+,32-,33?,34-,35+,36+/m1/s1. The number of ether oxygens (including phenoxy) is 6. The quantitative estimate of drug-likeness (QED) is 0.0258. The fourth-order valence-corrected chi connectivity index (χ4v) is 6.84. The summed E-state index contributed by atoms with van der Waals surface area (Å²) in [7, 11) is 0. The third-order valence-corrected chi connectivity index (χ3v) is 10.4. The Hall–Kier alpha value is -1.02. The van der Waals surface area contributed by atoms with E-state index in [4.69, 9.17) is 34.2 Å². The molecule has 0 aromatic heterocycles. The lowest BCUT2D eigenvalue weighted by Gasteiger charge is -2.48. The van der Waals surface area contributed by atoms with E-state index in [2.05, 4.69) is 6.92 Å². The highest BCUT2D eigenvalue weighted by atomic mass is 16.8. The molecule has 0 saturated carbocycles. The van der Waals surface area contributed by atoms with Crippen LogP contribution >= 0.6 is 0 Å². The summed E-state index contributed by atoms with van der Waals surface area (Å²) in [5, 5.41) is 125. The van der Waals surface area contributed by atoms with E-state index in [0.717, 1.165) is 19.3 Å². The van der Waals surface area contributed by atoms with Crippen molar-refractivity contribution in [1.82, 2.24) is 0 Å². The van der Waals surface area contributed by atoms with Crippen molar-refractivity contribution in [1.29, 1.82) is 0 Å². The maximum absolute atomic E-state index is 11.0. The highest BCUT2D eigenvalue weighted by Gasteiger charge is 2.53. The van der Waals surface area contributed by atoms with Crippen LogP contribution in [0.5, 0.6) is 0 Å². The van der Waals surface area contributed by atoms with Gasteiger partial charge in [-0.15, -0.1) is 0 Å². The van der Waals surface area contributed by atoms with Crippen LogP contribution in [0.3, 0.4) is 0 Å². The lowest BCUT2D eigenvalue weighted by atomic mass is 9.96. The number of nitrogens with two attached hydrogens (primary N) is 1. The molecule has 14 N–H and O–H groups in total. The molecule has 0 aromatic rings. The molecule has 3 fully saturated rings. The Morgan fingerprint density at radius 3 is 1.45 bits per heavy atom. The van der Waals surface area contributed by atoms with E-state index in [1.54, 1.807) is 6.08 Å². The van der Waals surface area contributed by atoms with Crippen LogP contribution in [-0.2, 0) is 28.4 Å². The molecule has 19 heteroatoms. The Balaban J connectivity index is 1.47. The minimum atomic E-state index is -1.99. The van der Waals surface area contributed by atoms with Gasteiger partial charge in [-0.1, -0.05) is 83.3 Å². The normalized spacial score (nSPS) is 39.0. The lowest BCUT2D eigenvalue weighted by molar-refractivity contribution is -0.385. The third-order valence-electron chi connectivity index (χ3n) is 10.4. The maximum Gasteiger partial charge on any atom is 0.189 e. The molecule has 324 valence electrons. The van der Waals surface area contributed by atoms with E-state index in [1.807, 2.05) is 0 Å². The summed E-state index contributed by atoms with van der Waals surface area (Å²) >= 11 is 0. The highest BCUT2D eigenvalue weighted by molar-refractivity contribution is 4.98. The number of hydrogen-bond acceptors (Lipinski definition) is 19. The van der Waals surface area contributed by atoms with Crippen LogP contribution in [0.1, 0.15) is 84.0 Å². The van der Waals surface area contributed by atoms with Gasteiger partial charge >= 0.3 is 0 Å². The Morgan fingerprint density at radius 2 is 0.964 bits per heavy atom. The fraction of sp³-hybridized carbons (Fsp3) is 0.944. The molecule has 3 aliphatic rings. The average molecular weight is 802 g/mol. The van der Waals surface area contributed by atoms with Gasteiger partial charge in [0.05, 0.1) is 32.0 Å². The van der Waals surface area contributed by atoms with E-state index in [-0.39, 0.29) is 0 Å². The summed E-state index contributed by atoms with van der Waals surface area (Å²) in [6.07, 6.45) is -12.2. The molecule has 3 saturated heterocycles. The first-order valence-corrected chi connectivity index (χ1v) is 19.6. The Bertz CT molecular complexity index is 1060. The second-order valence-corrected chi connectivity index (χ2v) is 14.7. The maximum atomic E-state index is 11.0. The van der Waals surface area contributed by atoms with Crippen LogP contribution in [0.15, 0.2) is 12.2 Å². The van der Waals surface area contributed by atoms with Crippen LogP contribution in [-0.4, -0.2) is 192 Å². The Labute approximate surface area is 321 Å². The monoisotopic (exact) mass is 801 g/mol. The second-order valence-electron chi connectivity index (χ2n) is 14.7. The summed E-state index contributed by atoms with van der Waals surface area (Å²) in [4.78, 5) is 0. The van der Waals surface area contributed by atoms with Crippen LogP contribution in [0.25, 0.3) is 0 Å². The van der Waals surface area contributed by atoms with Gasteiger partial charge in [0.2, 0.25) is 0 Å². The van der Waals surface area contributed by atoms with Gasteiger partial charge in [-0.2, -0.15) is 0 Å². The zero-order chi connectivity index (χ0) is 40.7. The highest BCUT2D eigenvalue weighted by Crippen LogP contribution is 2.33. The number of rotatable bonds is 24. The van der Waals surface area contributed by atoms with Crippen molar-refractivity contribution in [2.24, 2.45) is 5.73 Å². The van der Waals surface area contributed by atoms with E-state index >= 15 is 0 Å². The zero-order valence-electron chi connectivity index (χ0n) is 31.5. The number of aliphatic hydroxyl groups is 12. The summed E-state index contributed by atoms with van der Waals surface area (Å²) < 4.78 is 32.9. The van der Waals surface area contributed by atoms with Crippen molar-refractivity contribution < 1.29 is 89.7 Å². The van der Waals surface area contributed by atoms with Gasteiger partial charge in [0.1, 0.15) is 73.2 Å². The minimum absolute atomic E-state index is 0.704. The van der Waals surface area contributed by atoms with Crippen molar-refractivity contribution in [2.75, 3.05) is 19.8 Å². The lowest BCUT2D eigenvalue weighted by Crippen LogP contribution is -2.67. The first kappa shape index (κ1) is 48.3. The predicted octanol–water partition coefficient (Wildman–Crippen LogP) is -3.28. The number of unbranched alkanes of at least 4 members (excludes halogenated alkanes) is 11. The van der Waals surface area contributed by atoms with E-state index in [1.165, 1.54) is 57.4 Å². The third kappa shape index (κ3) is 13.8. The van der Waals surface area contributed by atoms with Crippen LogP contribution in [0.4, 0.5) is 0 Å². The van der Waals surface area contributed by atoms with E-state index in [0.29, 0.717) is 6.42 Å². The SMILES string of the molecule is CCCCCCCCCCCCC/C=C/[C@@H](O)[C@@H](N)C(O)O[C@@H]1O[C@H](CO)[C@@H](O[C@@H]2O[C@H](CO)[C@H](O[C@H]3O[C@H](CO)[C@H](O)[C@H](O)[C@H]3O)[C@H](O)[C@H]2O)[C@H](O)[C@H]1O. The summed E-state index contributed by atoms with van der Waals surface area (Å²) in [5.74, 6) is 0. The van der Waals surface area contributed by atoms with Crippen molar-refractivity contribution in [2.45, 2.75) is 195 Å².